The summed E-state index contributed by atoms with van der Waals surface area (Å²) in [5.74, 6) is -0.0521. The molecule has 1 aliphatic rings. The molecule has 2 nitrogen and oxygen atoms in total. The van der Waals surface area contributed by atoms with Gasteiger partial charge in [-0.05, 0) is 40.5 Å². The minimum Gasteiger partial charge on any atom is -0.326 e. The van der Waals surface area contributed by atoms with E-state index in [1.165, 1.54) is 23.6 Å². The predicted molar refractivity (Wildman–Crippen MR) is 84.1 cm³/mol. The molecule has 1 aliphatic carbocycles. The van der Waals surface area contributed by atoms with Gasteiger partial charge in [-0.1, -0.05) is 48.6 Å². The number of hydrogen-bond acceptors (Lipinski definition) is 1. The molecule has 0 aromatic heterocycles. The monoisotopic (exact) mass is 261 g/mol. The number of hydrogen-bond donors (Lipinski definition) is 1. The summed E-state index contributed by atoms with van der Waals surface area (Å²) in [6, 6.07) is 16.2. The lowest BCUT2D eigenvalue weighted by atomic mass is 10.0. The van der Waals surface area contributed by atoms with Crippen molar-refractivity contribution in [1.29, 1.82) is 0 Å². The van der Waals surface area contributed by atoms with Gasteiger partial charge in [-0.2, -0.15) is 0 Å². The molecule has 0 saturated heterocycles. The highest BCUT2D eigenvalue weighted by atomic mass is 16.1. The minimum atomic E-state index is -0.0521. The fourth-order valence-corrected chi connectivity index (χ4v) is 2.35. The number of benzene rings is 2. The van der Waals surface area contributed by atoms with Crippen molar-refractivity contribution in [2.75, 3.05) is 5.32 Å². The molecular weight excluding hydrogens is 246 g/mol. The largest absolute Gasteiger partial charge is 0.326 e. The molecule has 1 amide bonds. The highest BCUT2D eigenvalue weighted by Crippen LogP contribution is 2.30. The van der Waals surface area contributed by atoms with Gasteiger partial charge in [0.25, 0.3) is 0 Å². The fraction of sp³-hybridized carbons (Fsp3) is 0.0556. The zero-order valence-electron chi connectivity index (χ0n) is 11.3. The van der Waals surface area contributed by atoms with Gasteiger partial charge in [0.1, 0.15) is 0 Å². The van der Waals surface area contributed by atoms with Crippen LogP contribution in [0.2, 0.25) is 0 Å². The van der Waals surface area contributed by atoms with E-state index in [0.29, 0.717) is 0 Å². The summed E-state index contributed by atoms with van der Waals surface area (Å²) >= 11 is 0. The average Bonchev–Trinajstić information content (AvgIpc) is 2.84. The van der Waals surface area contributed by atoms with Gasteiger partial charge in [-0.3, -0.25) is 4.79 Å². The summed E-state index contributed by atoms with van der Waals surface area (Å²) in [5, 5.41) is 2.77. The number of nitrogens with one attached hydrogen (secondary N) is 1. The maximum Gasteiger partial charge on any atom is 0.221 e. The van der Waals surface area contributed by atoms with Crippen LogP contribution in [0.1, 0.15) is 23.6 Å². The maximum atomic E-state index is 11.0. The topological polar surface area (TPSA) is 29.1 Å². The second-order valence-corrected chi connectivity index (χ2v) is 4.82. The number of carbonyl (C=O) groups is 1. The van der Waals surface area contributed by atoms with Crippen molar-refractivity contribution in [2.24, 2.45) is 0 Å². The van der Waals surface area contributed by atoms with Crippen molar-refractivity contribution in [1.82, 2.24) is 0 Å². The summed E-state index contributed by atoms with van der Waals surface area (Å²) in [6.45, 7) is 1.51. The van der Waals surface area contributed by atoms with Gasteiger partial charge in [-0.25, -0.2) is 0 Å². The smallest absolute Gasteiger partial charge is 0.221 e. The standard InChI is InChI=1S/C18H15NO/c1-13(20)19-17-10-6-14(7-11-17)12-16-9-8-15-4-2-3-5-18(15)16/h2-12H,1H3,(H,19,20). The van der Waals surface area contributed by atoms with Crippen LogP contribution in [0.4, 0.5) is 5.69 Å². The zero-order valence-corrected chi connectivity index (χ0v) is 11.3. The van der Waals surface area contributed by atoms with Crippen LogP contribution in [0.5, 0.6) is 0 Å². The van der Waals surface area contributed by atoms with Crippen LogP contribution in [0.15, 0.2) is 54.6 Å². The van der Waals surface area contributed by atoms with Gasteiger partial charge in [0, 0.05) is 12.6 Å². The number of allylic oxidation sites excluding steroid dienone is 2. The van der Waals surface area contributed by atoms with Crippen LogP contribution in [0.3, 0.4) is 0 Å². The Bertz CT molecular complexity index is 708. The van der Waals surface area contributed by atoms with Gasteiger partial charge in [0.05, 0.1) is 0 Å². The third-order valence-corrected chi connectivity index (χ3v) is 3.27. The van der Waals surface area contributed by atoms with Crippen molar-refractivity contribution in [3.05, 3.63) is 71.3 Å². The average molecular weight is 261 g/mol. The zero-order chi connectivity index (χ0) is 13.9. The van der Waals surface area contributed by atoms with E-state index in [4.69, 9.17) is 0 Å². The van der Waals surface area contributed by atoms with Gasteiger partial charge < -0.3 is 5.32 Å². The van der Waals surface area contributed by atoms with Gasteiger partial charge in [0.15, 0.2) is 0 Å². The van der Waals surface area contributed by atoms with E-state index < -0.39 is 0 Å². The summed E-state index contributed by atoms with van der Waals surface area (Å²) in [4.78, 5) is 11.0. The first-order chi connectivity index (χ1) is 9.72. The minimum absolute atomic E-state index is 0.0521. The van der Waals surface area contributed by atoms with E-state index >= 15 is 0 Å². The fourth-order valence-electron chi connectivity index (χ4n) is 2.35. The quantitative estimate of drug-likeness (QED) is 0.862. The Labute approximate surface area is 118 Å². The highest BCUT2D eigenvalue weighted by molar-refractivity contribution is 5.97. The molecule has 0 unspecified atom stereocenters. The lowest BCUT2D eigenvalue weighted by Crippen LogP contribution is -2.05. The van der Waals surface area contributed by atoms with Crippen LogP contribution in [0, 0.1) is 0 Å². The molecular formula is C18H15NO. The molecule has 98 valence electrons. The van der Waals surface area contributed by atoms with Crippen LogP contribution in [0.25, 0.3) is 17.7 Å². The Morgan fingerprint density at radius 3 is 2.50 bits per heavy atom. The van der Waals surface area contributed by atoms with E-state index in [1.807, 2.05) is 30.3 Å². The first kappa shape index (κ1) is 12.4. The molecule has 3 rings (SSSR count). The first-order valence-corrected chi connectivity index (χ1v) is 6.59. The number of rotatable bonds is 2. The third-order valence-electron chi connectivity index (χ3n) is 3.27. The molecule has 0 heterocycles. The van der Waals surface area contributed by atoms with Crippen LogP contribution < -0.4 is 5.32 Å². The van der Waals surface area contributed by atoms with E-state index in [0.717, 1.165) is 11.3 Å². The molecule has 0 spiro atoms. The first-order valence-electron chi connectivity index (χ1n) is 6.59. The summed E-state index contributed by atoms with van der Waals surface area (Å²) in [6.07, 6.45) is 6.42. The summed E-state index contributed by atoms with van der Waals surface area (Å²) in [5.41, 5.74) is 5.68. The molecule has 2 aromatic carbocycles. The van der Waals surface area contributed by atoms with Crippen molar-refractivity contribution >= 4 is 29.3 Å². The van der Waals surface area contributed by atoms with Crippen LogP contribution >= 0.6 is 0 Å². The Morgan fingerprint density at radius 2 is 1.75 bits per heavy atom. The Kier molecular flexibility index (Phi) is 3.21. The lowest BCUT2D eigenvalue weighted by molar-refractivity contribution is -0.114. The van der Waals surface area contributed by atoms with Gasteiger partial charge >= 0.3 is 0 Å². The molecule has 20 heavy (non-hydrogen) atoms. The van der Waals surface area contributed by atoms with Crippen LogP contribution in [-0.4, -0.2) is 5.91 Å². The van der Waals surface area contributed by atoms with Gasteiger partial charge in [0.2, 0.25) is 5.91 Å². The van der Waals surface area contributed by atoms with Crippen molar-refractivity contribution in [3.8, 4) is 0 Å². The molecule has 0 radical (unpaired) electrons. The third kappa shape index (κ3) is 2.54. The molecule has 0 saturated carbocycles. The molecule has 0 bridgehead atoms. The Hall–Kier alpha value is -2.61. The second-order valence-electron chi connectivity index (χ2n) is 4.82. The Balaban J connectivity index is 1.87. The van der Waals surface area contributed by atoms with Crippen molar-refractivity contribution < 1.29 is 4.79 Å². The van der Waals surface area contributed by atoms with Gasteiger partial charge in [-0.15, -0.1) is 0 Å². The van der Waals surface area contributed by atoms with E-state index in [2.05, 4.69) is 41.7 Å². The summed E-state index contributed by atoms with van der Waals surface area (Å²) < 4.78 is 0. The van der Waals surface area contributed by atoms with Crippen molar-refractivity contribution in [3.63, 3.8) is 0 Å². The SMILES string of the molecule is CC(=O)Nc1ccc(C=C2C=Cc3ccccc32)cc1. The second kappa shape index (κ2) is 5.17. The summed E-state index contributed by atoms with van der Waals surface area (Å²) in [7, 11) is 0. The molecule has 0 fully saturated rings. The molecule has 2 aromatic rings. The molecule has 0 aliphatic heterocycles. The Morgan fingerprint density at radius 1 is 1.00 bits per heavy atom. The number of anilines is 1. The normalized spacial score (nSPS) is 14.3. The van der Waals surface area contributed by atoms with Crippen molar-refractivity contribution in [2.45, 2.75) is 6.92 Å². The van der Waals surface area contributed by atoms with E-state index in [1.54, 1.807) is 0 Å². The number of amides is 1. The van der Waals surface area contributed by atoms with E-state index in [9.17, 15) is 4.79 Å². The predicted octanol–water partition coefficient (Wildman–Crippen LogP) is 4.21. The molecule has 0 atom stereocenters. The highest BCUT2D eigenvalue weighted by Gasteiger charge is 2.08. The molecule has 2 heteroatoms. The molecule has 1 N–H and O–H groups in total. The maximum absolute atomic E-state index is 11.0. The number of fused-ring (bicyclic) bond motifs is 1. The lowest BCUT2D eigenvalue weighted by Gasteiger charge is -2.04. The number of carbonyl (C=O) groups excluding carboxylic acids is 1. The van der Waals surface area contributed by atoms with E-state index in [-0.39, 0.29) is 5.91 Å². The van der Waals surface area contributed by atoms with Crippen LogP contribution in [-0.2, 0) is 4.79 Å².